The highest BCUT2D eigenvalue weighted by Gasteiger charge is 2.14. The van der Waals surface area contributed by atoms with Gasteiger partial charge >= 0.3 is 5.97 Å². The van der Waals surface area contributed by atoms with Crippen LogP contribution in [-0.2, 0) is 17.8 Å². The summed E-state index contributed by atoms with van der Waals surface area (Å²) in [5.41, 5.74) is 13.8. The van der Waals surface area contributed by atoms with Gasteiger partial charge in [0.05, 0.1) is 5.69 Å². The first-order valence-electron chi connectivity index (χ1n) is 4.06. The van der Waals surface area contributed by atoms with Gasteiger partial charge in [-0.15, -0.1) is 0 Å². The second-order valence-electron chi connectivity index (χ2n) is 2.77. The minimum atomic E-state index is -1.10. The number of hydrogen-bond acceptors (Lipinski definition) is 5. The molecule has 1 aromatic rings. The third-order valence-electron chi connectivity index (χ3n) is 1.61. The van der Waals surface area contributed by atoms with Crippen LogP contribution in [0.5, 0.6) is 0 Å². The van der Waals surface area contributed by atoms with Crippen molar-refractivity contribution >= 4 is 5.97 Å². The van der Waals surface area contributed by atoms with Crippen molar-refractivity contribution in [2.45, 2.75) is 19.0 Å². The maximum absolute atomic E-state index is 10.4. The van der Waals surface area contributed by atoms with Crippen LogP contribution in [0.15, 0.2) is 15.8 Å². The lowest BCUT2D eigenvalue weighted by atomic mass is 10.2. The summed E-state index contributed by atoms with van der Waals surface area (Å²) in [6, 6.07) is -1.01. The number of nitrogens with zero attached hydrogens (tertiary/aromatic N) is 4. The predicted octanol–water partition coefficient (Wildman–Crippen LogP) is 0.439. The number of nitrogens with two attached hydrogens (primary N) is 1. The van der Waals surface area contributed by atoms with E-state index in [1.54, 1.807) is 0 Å². The Morgan fingerprint density at radius 2 is 2.60 bits per heavy atom. The van der Waals surface area contributed by atoms with Gasteiger partial charge in [-0.05, 0) is 5.53 Å². The van der Waals surface area contributed by atoms with Gasteiger partial charge in [0, 0.05) is 11.3 Å². The lowest BCUT2D eigenvalue weighted by Gasteiger charge is -2.01. The third-order valence-corrected chi connectivity index (χ3v) is 1.61. The summed E-state index contributed by atoms with van der Waals surface area (Å²) < 4.78 is 4.92. The summed E-state index contributed by atoms with van der Waals surface area (Å²) in [5, 5.41) is 11.8. The van der Waals surface area contributed by atoms with Crippen LogP contribution < -0.4 is 5.73 Å². The Morgan fingerprint density at radius 1 is 1.87 bits per heavy atom. The second-order valence-corrected chi connectivity index (χ2v) is 2.77. The van der Waals surface area contributed by atoms with Crippen molar-refractivity contribution in [3.8, 4) is 0 Å². The molecule has 0 aromatic carbocycles. The van der Waals surface area contributed by atoms with Gasteiger partial charge in [-0.25, -0.2) is 4.98 Å². The molecule has 0 fully saturated rings. The molecular formula is C7H9N5O3. The van der Waals surface area contributed by atoms with Crippen LogP contribution in [0.25, 0.3) is 10.4 Å². The highest BCUT2D eigenvalue weighted by Crippen LogP contribution is 2.05. The molecule has 8 heteroatoms. The highest BCUT2D eigenvalue weighted by atomic mass is 16.4. The van der Waals surface area contributed by atoms with Gasteiger partial charge in [-0.2, -0.15) is 0 Å². The molecule has 1 atom stereocenters. The Labute approximate surface area is 84.3 Å². The molecule has 0 aliphatic carbocycles. The Morgan fingerprint density at radius 3 is 3.20 bits per heavy atom. The number of rotatable bonds is 5. The van der Waals surface area contributed by atoms with E-state index in [0.717, 1.165) is 0 Å². The van der Waals surface area contributed by atoms with Gasteiger partial charge in [0.25, 0.3) is 0 Å². The fourth-order valence-corrected chi connectivity index (χ4v) is 0.920. The third kappa shape index (κ3) is 3.29. The van der Waals surface area contributed by atoms with E-state index in [4.69, 9.17) is 20.8 Å². The Hall–Kier alpha value is -2.05. The van der Waals surface area contributed by atoms with Crippen LogP contribution >= 0.6 is 0 Å². The van der Waals surface area contributed by atoms with Crippen LogP contribution in [0.3, 0.4) is 0 Å². The number of carboxylic acid groups (broad SMARTS) is 1. The molecule has 1 heterocycles. The van der Waals surface area contributed by atoms with Crippen molar-refractivity contribution in [3.63, 3.8) is 0 Å². The SMILES string of the molecule is [N-]=[N+]=NCc1nc(C[C@H](N)C(=O)O)co1. The summed E-state index contributed by atoms with van der Waals surface area (Å²) in [5.74, 6) is -0.866. The molecule has 1 aromatic heterocycles. The minimum Gasteiger partial charge on any atom is -0.480 e. The van der Waals surface area contributed by atoms with Gasteiger partial charge in [0.15, 0.2) is 5.89 Å². The van der Waals surface area contributed by atoms with Crippen LogP contribution in [0.4, 0.5) is 0 Å². The zero-order chi connectivity index (χ0) is 11.3. The Bertz CT molecular complexity index is 395. The van der Waals surface area contributed by atoms with E-state index in [-0.39, 0.29) is 18.9 Å². The van der Waals surface area contributed by atoms with Crippen molar-refractivity contribution in [2.24, 2.45) is 10.8 Å². The van der Waals surface area contributed by atoms with Crippen LogP contribution in [0.2, 0.25) is 0 Å². The average molecular weight is 211 g/mol. The van der Waals surface area contributed by atoms with Crippen molar-refractivity contribution in [1.29, 1.82) is 0 Å². The van der Waals surface area contributed by atoms with Crippen LogP contribution in [-0.4, -0.2) is 22.1 Å². The molecule has 0 unspecified atom stereocenters. The van der Waals surface area contributed by atoms with E-state index in [1.165, 1.54) is 6.26 Å². The molecule has 0 saturated carbocycles. The molecule has 0 aliphatic heterocycles. The largest absolute Gasteiger partial charge is 0.480 e. The Balaban J connectivity index is 2.60. The zero-order valence-electron chi connectivity index (χ0n) is 7.70. The molecule has 0 aliphatic rings. The fourth-order valence-electron chi connectivity index (χ4n) is 0.920. The molecule has 0 spiro atoms. The number of azide groups is 1. The smallest absolute Gasteiger partial charge is 0.320 e. The summed E-state index contributed by atoms with van der Waals surface area (Å²) >= 11 is 0. The van der Waals surface area contributed by atoms with Crippen LogP contribution in [0, 0.1) is 0 Å². The quantitative estimate of drug-likeness (QED) is 0.413. The van der Waals surface area contributed by atoms with E-state index >= 15 is 0 Å². The van der Waals surface area contributed by atoms with Crippen molar-refractivity contribution in [2.75, 3.05) is 0 Å². The molecule has 80 valence electrons. The van der Waals surface area contributed by atoms with Gasteiger partial charge in [0.2, 0.25) is 0 Å². The van der Waals surface area contributed by atoms with Gasteiger partial charge in [0.1, 0.15) is 18.8 Å². The molecule has 8 nitrogen and oxygen atoms in total. The molecule has 3 N–H and O–H groups in total. The summed E-state index contributed by atoms with van der Waals surface area (Å²) in [7, 11) is 0. The molecule has 1 rings (SSSR count). The van der Waals surface area contributed by atoms with Gasteiger partial charge < -0.3 is 15.3 Å². The number of hydrogen-bond donors (Lipinski definition) is 2. The summed E-state index contributed by atoms with van der Waals surface area (Å²) in [6.07, 6.45) is 1.38. The fraction of sp³-hybridized carbons (Fsp3) is 0.429. The molecule has 0 amide bonds. The van der Waals surface area contributed by atoms with Gasteiger partial charge in [-0.3, -0.25) is 4.79 Å². The number of aromatic nitrogens is 1. The maximum atomic E-state index is 10.4. The molecule has 15 heavy (non-hydrogen) atoms. The van der Waals surface area contributed by atoms with E-state index in [0.29, 0.717) is 5.69 Å². The van der Waals surface area contributed by atoms with Gasteiger partial charge in [-0.1, -0.05) is 5.11 Å². The number of aliphatic carboxylic acids is 1. The molecule has 0 radical (unpaired) electrons. The number of carboxylic acids is 1. The predicted molar refractivity (Wildman–Crippen MR) is 48.7 cm³/mol. The van der Waals surface area contributed by atoms with Crippen molar-refractivity contribution in [3.05, 3.63) is 28.3 Å². The monoisotopic (exact) mass is 211 g/mol. The standard InChI is InChI=1S/C7H9N5O3/c8-5(7(13)14)1-4-3-15-6(11-4)2-10-12-9/h3,5H,1-2,8H2,(H,13,14)/t5-/m0/s1. The Kier molecular flexibility index (Phi) is 3.67. The summed E-state index contributed by atoms with van der Waals surface area (Å²) in [4.78, 5) is 16.9. The first-order chi connectivity index (χ1) is 7.13. The number of oxazole rings is 1. The van der Waals surface area contributed by atoms with E-state index in [9.17, 15) is 4.79 Å². The van der Waals surface area contributed by atoms with E-state index < -0.39 is 12.0 Å². The maximum Gasteiger partial charge on any atom is 0.320 e. The molecule has 0 bridgehead atoms. The van der Waals surface area contributed by atoms with E-state index in [1.807, 2.05) is 0 Å². The number of carbonyl (C=O) groups is 1. The average Bonchev–Trinajstić information content (AvgIpc) is 2.62. The first kappa shape index (κ1) is 11.0. The van der Waals surface area contributed by atoms with Crippen LogP contribution in [0.1, 0.15) is 11.6 Å². The molecule has 0 saturated heterocycles. The van der Waals surface area contributed by atoms with Crippen molar-refractivity contribution < 1.29 is 14.3 Å². The normalized spacial score (nSPS) is 11.8. The minimum absolute atomic E-state index is 0.00118. The lowest BCUT2D eigenvalue weighted by molar-refractivity contribution is -0.138. The summed E-state index contributed by atoms with van der Waals surface area (Å²) in [6.45, 7) is -0.00118. The molecular weight excluding hydrogens is 202 g/mol. The van der Waals surface area contributed by atoms with Crippen molar-refractivity contribution in [1.82, 2.24) is 4.98 Å². The van der Waals surface area contributed by atoms with E-state index in [2.05, 4.69) is 15.0 Å². The zero-order valence-corrected chi connectivity index (χ0v) is 7.70. The first-order valence-corrected chi connectivity index (χ1v) is 4.06. The highest BCUT2D eigenvalue weighted by molar-refractivity contribution is 5.73. The topological polar surface area (TPSA) is 138 Å². The lowest BCUT2D eigenvalue weighted by Crippen LogP contribution is -2.32. The second kappa shape index (κ2) is 4.99.